The normalized spacial score (nSPS) is 37.0. The van der Waals surface area contributed by atoms with Gasteiger partial charge in [-0.1, -0.05) is 69.3 Å². The van der Waals surface area contributed by atoms with Crippen molar-refractivity contribution in [2.45, 2.75) is 179 Å². The third kappa shape index (κ3) is 16.1. The summed E-state index contributed by atoms with van der Waals surface area (Å²) in [6.45, 7) is 13.8. The molecule has 2 saturated heterocycles. The lowest BCUT2D eigenvalue weighted by Crippen LogP contribution is -2.66. The van der Waals surface area contributed by atoms with Crippen molar-refractivity contribution in [1.82, 2.24) is 10.2 Å². The summed E-state index contributed by atoms with van der Waals surface area (Å²) in [6, 6.07) is 9.53. The van der Waals surface area contributed by atoms with Gasteiger partial charge in [0.2, 0.25) is 0 Å². The molecule has 0 aromatic heterocycles. The topological polar surface area (TPSA) is 192 Å². The Morgan fingerprint density at radius 1 is 0.969 bits per heavy atom. The Kier molecular flexibility index (Phi) is 21.5. The SMILES string of the molecule is CO[C@@H]1[C@@H](O[C@@H]2O[C@H](C)[C@@H](O[C@H]3C[C@@](C)(O)[C@@H](OC(=O)CC(C)C)[C@H](C)O3)[C@H](N(C)C)[C@H]2O)[C@@H](CCNCCCc2ccccc2)C[C@@H](C)C(=O)/C=C\C=C/C[C@@H](C)OC(=O)C[C@H]1O. The van der Waals surface area contributed by atoms with Crippen molar-refractivity contribution >= 4 is 17.7 Å². The number of hydrogen-bond donors (Lipinski definition) is 4. The van der Waals surface area contributed by atoms with Gasteiger partial charge in [-0.05, 0) is 104 Å². The number of carbonyl (C=O) groups is 3. The van der Waals surface area contributed by atoms with E-state index in [9.17, 15) is 29.7 Å². The van der Waals surface area contributed by atoms with Crippen LogP contribution in [0.1, 0.15) is 99.0 Å². The lowest BCUT2D eigenvalue weighted by atomic mass is 9.82. The number of aryl methyl sites for hydroxylation is 1. The van der Waals surface area contributed by atoms with Crippen LogP contribution in [0.15, 0.2) is 54.6 Å². The van der Waals surface area contributed by atoms with Gasteiger partial charge in [0, 0.05) is 32.3 Å². The zero-order valence-electron chi connectivity index (χ0n) is 39.8. The largest absolute Gasteiger partial charge is 0.462 e. The molecule has 4 N–H and O–H groups in total. The van der Waals surface area contributed by atoms with Gasteiger partial charge in [-0.25, -0.2) is 0 Å². The highest BCUT2D eigenvalue weighted by Gasteiger charge is 2.52. The number of cyclic esters (lactones) is 1. The van der Waals surface area contributed by atoms with Gasteiger partial charge in [-0.3, -0.25) is 14.4 Å². The van der Waals surface area contributed by atoms with Crippen LogP contribution in [-0.2, 0) is 54.0 Å². The predicted octanol–water partition coefficient (Wildman–Crippen LogP) is 4.67. The number of likely N-dealkylation sites (N-methyl/N-ethyl adjacent to an activating group) is 1. The third-order valence-electron chi connectivity index (χ3n) is 12.4. The van der Waals surface area contributed by atoms with Crippen molar-refractivity contribution in [3.8, 4) is 0 Å². The van der Waals surface area contributed by atoms with E-state index in [4.69, 9.17) is 33.2 Å². The second-order valence-corrected chi connectivity index (χ2v) is 18.9. The molecule has 3 aliphatic rings. The number of nitrogens with one attached hydrogen (secondary N) is 1. The van der Waals surface area contributed by atoms with Gasteiger partial charge in [-0.15, -0.1) is 0 Å². The zero-order valence-corrected chi connectivity index (χ0v) is 39.8. The fourth-order valence-corrected chi connectivity index (χ4v) is 9.08. The van der Waals surface area contributed by atoms with Crippen LogP contribution in [0.25, 0.3) is 0 Å². The number of ether oxygens (including phenoxy) is 7. The highest BCUT2D eigenvalue weighted by Crippen LogP contribution is 2.37. The zero-order chi connectivity index (χ0) is 47.1. The van der Waals surface area contributed by atoms with Gasteiger partial charge in [0.25, 0.3) is 0 Å². The van der Waals surface area contributed by atoms with E-state index >= 15 is 0 Å². The summed E-state index contributed by atoms with van der Waals surface area (Å²) in [6.07, 6.45) is -0.911. The van der Waals surface area contributed by atoms with E-state index in [-0.39, 0.29) is 31.0 Å². The summed E-state index contributed by atoms with van der Waals surface area (Å²) in [5, 5.41) is 39.1. The Balaban J connectivity index is 1.60. The smallest absolute Gasteiger partial charge is 0.308 e. The highest BCUT2D eigenvalue weighted by atomic mass is 16.7. The molecule has 0 unspecified atom stereocenters. The van der Waals surface area contributed by atoms with Gasteiger partial charge in [0.05, 0.1) is 36.9 Å². The molecule has 0 aliphatic carbocycles. The van der Waals surface area contributed by atoms with E-state index in [0.717, 1.165) is 19.4 Å². The Hall–Kier alpha value is -3.09. The fourth-order valence-electron chi connectivity index (χ4n) is 9.08. The van der Waals surface area contributed by atoms with Gasteiger partial charge in [0.1, 0.15) is 30.0 Å². The number of carbonyl (C=O) groups excluding carboxylic acids is 3. The first kappa shape index (κ1) is 53.5. The molecule has 0 radical (unpaired) electrons. The van der Waals surface area contributed by atoms with Crippen molar-refractivity contribution < 1.29 is 62.9 Å². The average molecular weight is 903 g/mol. The predicted molar refractivity (Wildman–Crippen MR) is 241 cm³/mol. The number of allylic oxidation sites excluding steroid dienone is 3. The van der Waals surface area contributed by atoms with Crippen molar-refractivity contribution in [3.63, 3.8) is 0 Å². The number of nitrogens with zero attached hydrogens (tertiary/aromatic N) is 1. The number of aliphatic hydroxyl groups excluding tert-OH is 2. The first-order valence-electron chi connectivity index (χ1n) is 23.2. The van der Waals surface area contributed by atoms with Crippen LogP contribution in [0.3, 0.4) is 0 Å². The quantitative estimate of drug-likeness (QED) is 0.132. The molecule has 0 saturated carbocycles. The summed E-state index contributed by atoms with van der Waals surface area (Å²) in [7, 11) is 5.03. The van der Waals surface area contributed by atoms with Gasteiger partial charge in [-0.2, -0.15) is 0 Å². The molecule has 15 atom stereocenters. The molecule has 0 bridgehead atoms. The molecule has 4 rings (SSSR count). The van der Waals surface area contributed by atoms with Gasteiger partial charge >= 0.3 is 11.9 Å². The number of hydrogen-bond acceptors (Lipinski definition) is 15. The van der Waals surface area contributed by atoms with E-state index < -0.39 is 103 Å². The molecule has 3 aliphatic heterocycles. The number of benzene rings is 1. The van der Waals surface area contributed by atoms with Crippen LogP contribution in [0, 0.1) is 17.8 Å². The van der Waals surface area contributed by atoms with E-state index in [2.05, 4.69) is 17.4 Å². The summed E-state index contributed by atoms with van der Waals surface area (Å²) >= 11 is 0. The molecule has 64 heavy (non-hydrogen) atoms. The monoisotopic (exact) mass is 903 g/mol. The fraction of sp³-hybridized carbons (Fsp3) is 0.735. The van der Waals surface area contributed by atoms with Crippen LogP contribution in [0.5, 0.6) is 0 Å². The molecular weight excluding hydrogens is 825 g/mol. The lowest BCUT2D eigenvalue weighted by Gasteiger charge is -2.50. The lowest BCUT2D eigenvalue weighted by molar-refractivity contribution is -0.344. The minimum atomic E-state index is -1.48. The van der Waals surface area contributed by atoms with Gasteiger partial charge < -0.3 is 58.7 Å². The Morgan fingerprint density at radius 3 is 2.34 bits per heavy atom. The maximum Gasteiger partial charge on any atom is 0.308 e. The van der Waals surface area contributed by atoms with Gasteiger partial charge in [0.15, 0.2) is 24.5 Å². The van der Waals surface area contributed by atoms with Crippen molar-refractivity contribution in [1.29, 1.82) is 0 Å². The molecule has 3 heterocycles. The summed E-state index contributed by atoms with van der Waals surface area (Å²) in [5.74, 6) is -1.92. The number of aliphatic hydroxyl groups is 3. The van der Waals surface area contributed by atoms with E-state index in [0.29, 0.717) is 25.8 Å². The number of ketones is 1. The standard InChI is InChI=1S/C49H78N2O13/c1-30(2)26-39(54)62-47-34(6)60-41(29-49(47,7)57)63-44-33(5)61-48(43(56)42(44)51(8)9)64-45-36(23-25-50-24-17-21-35-19-14-12-15-20-35)27-31(3)37(52)22-16-11-13-18-32(4)59-40(55)28-38(53)46(45)58-10/h11-16,19-20,22,30-34,36,38,41-48,50,53,56-57H,17-18,21,23-29H2,1-10H3/b13-11-,22-16-/t31-,32-,33-,34+,36+,38-,41+,42-,43-,44-,45+,46+,47+,48+,49-/m1/s1. The van der Waals surface area contributed by atoms with Crippen LogP contribution in [-0.4, -0.2) is 151 Å². The number of methoxy groups -OCH3 is 1. The number of esters is 2. The Labute approximate surface area is 381 Å². The van der Waals surface area contributed by atoms with E-state index in [1.54, 1.807) is 53.9 Å². The highest BCUT2D eigenvalue weighted by molar-refractivity contribution is 5.91. The second kappa shape index (κ2) is 25.7. The first-order chi connectivity index (χ1) is 30.3. The molecule has 1 aromatic rings. The van der Waals surface area contributed by atoms with Crippen LogP contribution < -0.4 is 5.32 Å². The average Bonchev–Trinajstić information content (AvgIpc) is 3.20. The van der Waals surface area contributed by atoms with E-state index in [1.165, 1.54) is 18.7 Å². The van der Waals surface area contributed by atoms with Crippen LogP contribution >= 0.6 is 0 Å². The maximum atomic E-state index is 13.5. The van der Waals surface area contributed by atoms with Crippen molar-refractivity contribution in [2.24, 2.45) is 17.8 Å². The van der Waals surface area contributed by atoms with Crippen LogP contribution in [0.4, 0.5) is 0 Å². The first-order valence-corrected chi connectivity index (χ1v) is 23.2. The summed E-state index contributed by atoms with van der Waals surface area (Å²) in [5.41, 5.74) is -0.229. The summed E-state index contributed by atoms with van der Waals surface area (Å²) in [4.78, 5) is 41.1. The Bertz CT molecular complexity index is 1640. The van der Waals surface area contributed by atoms with E-state index in [1.807, 2.05) is 49.9 Å². The molecule has 0 spiro atoms. The molecular formula is C49H78N2O13. The second-order valence-electron chi connectivity index (χ2n) is 18.9. The Morgan fingerprint density at radius 2 is 1.69 bits per heavy atom. The summed E-state index contributed by atoms with van der Waals surface area (Å²) < 4.78 is 43.4. The molecule has 15 heteroatoms. The van der Waals surface area contributed by atoms with Crippen molar-refractivity contribution in [3.05, 3.63) is 60.2 Å². The van der Waals surface area contributed by atoms with Crippen LogP contribution in [0.2, 0.25) is 0 Å². The number of rotatable bonds is 16. The maximum absolute atomic E-state index is 13.5. The molecule has 2 fully saturated rings. The molecule has 1 aromatic carbocycles. The molecule has 362 valence electrons. The molecule has 15 nitrogen and oxygen atoms in total. The van der Waals surface area contributed by atoms with Crippen molar-refractivity contribution in [2.75, 3.05) is 34.3 Å². The minimum absolute atomic E-state index is 0.0165. The third-order valence-corrected chi connectivity index (χ3v) is 12.4. The minimum Gasteiger partial charge on any atom is -0.462 e. The molecule has 0 amide bonds.